The maximum Gasteiger partial charge on any atom is 0.264 e. The molecular weight excluding hydrogens is 475 g/mol. The van der Waals surface area contributed by atoms with Gasteiger partial charge in [0.05, 0.1) is 11.1 Å². The Labute approximate surface area is 215 Å². The summed E-state index contributed by atoms with van der Waals surface area (Å²) in [6.45, 7) is 9.58. The van der Waals surface area contributed by atoms with Crippen molar-refractivity contribution in [3.63, 3.8) is 0 Å². The minimum absolute atomic E-state index is 0.0547. The Morgan fingerprint density at radius 2 is 1.81 bits per heavy atom. The van der Waals surface area contributed by atoms with Crippen LogP contribution in [-0.4, -0.2) is 52.6 Å². The topological polar surface area (TPSA) is 98.8 Å². The molecule has 2 fully saturated rings. The average Bonchev–Trinajstić information content (AvgIpc) is 3.05. The zero-order chi connectivity index (χ0) is 26.5. The van der Waals surface area contributed by atoms with E-state index in [2.05, 4.69) is 36.3 Å². The van der Waals surface area contributed by atoms with E-state index in [4.69, 9.17) is 0 Å². The molecule has 8 nitrogen and oxygen atoms in total. The standard InChI is InChI=1S/C28H31FN4O4/c1-28(2,3)18-14-32(15-18)13-16-7-8-17(20(29)11-16)12-30-21-6-4-5-19-24(21)27(37)33(26(19)36)22-9-10-23(34)31-25(22)35/h4-8,11,18,22,30H,9-10,12-15H2,1-3H3,(H,31,34,35). The Balaban J connectivity index is 1.26. The highest BCUT2D eigenvalue weighted by Crippen LogP contribution is 2.35. The Morgan fingerprint density at radius 1 is 1.05 bits per heavy atom. The lowest BCUT2D eigenvalue weighted by atomic mass is 9.76. The smallest absolute Gasteiger partial charge is 0.264 e. The lowest BCUT2D eigenvalue weighted by Gasteiger charge is -2.46. The molecule has 5 rings (SSSR count). The summed E-state index contributed by atoms with van der Waals surface area (Å²) in [7, 11) is 0. The van der Waals surface area contributed by atoms with Gasteiger partial charge in [-0.25, -0.2) is 4.39 Å². The molecule has 1 atom stereocenters. The molecule has 0 saturated carbocycles. The van der Waals surface area contributed by atoms with Crippen LogP contribution in [0.3, 0.4) is 0 Å². The lowest BCUT2D eigenvalue weighted by molar-refractivity contribution is -0.136. The molecule has 2 aromatic rings. The van der Waals surface area contributed by atoms with E-state index in [0.717, 1.165) is 23.6 Å². The summed E-state index contributed by atoms with van der Waals surface area (Å²) >= 11 is 0. The Kier molecular flexibility index (Phi) is 6.35. The van der Waals surface area contributed by atoms with Crippen LogP contribution in [-0.2, 0) is 22.7 Å². The monoisotopic (exact) mass is 506 g/mol. The Hall–Kier alpha value is -3.59. The first-order valence-corrected chi connectivity index (χ1v) is 12.6. The summed E-state index contributed by atoms with van der Waals surface area (Å²) in [6.07, 6.45) is 0.143. The largest absolute Gasteiger partial charge is 0.380 e. The number of fused-ring (bicyclic) bond motifs is 1. The van der Waals surface area contributed by atoms with Crippen LogP contribution in [0.4, 0.5) is 10.1 Å². The number of likely N-dealkylation sites (tertiary alicyclic amines) is 1. The number of imide groups is 2. The van der Waals surface area contributed by atoms with Crippen LogP contribution < -0.4 is 10.6 Å². The fourth-order valence-electron chi connectivity index (χ4n) is 5.19. The molecule has 0 aliphatic carbocycles. The van der Waals surface area contributed by atoms with Crippen molar-refractivity contribution < 1.29 is 23.6 Å². The first-order valence-electron chi connectivity index (χ1n) is 12.6. The highest BCUT2D eigenvalue weighted by molar-refractivity contribution is 6.25. The third-order valence-electron chi connectivity index (χ3n) is 7.64. The van der Waals surface area contributed by atoms with Crippen molar-refractivity contribution in [3.05, 3.63) is 64.5 Å². The maximum absolute atomic E-state index is 14.9. The van der Waals surface area contributed by atoms with Gasteiger partial charge in [-0.3, -0.25) is 34.3 Å². The normalized spacial score (nSPS) is 20.6. The third-order valence-corrected chi connectivity index (χ3v) is 7.64. The van der Waals surface area contributed by atoms with E-state index in [1.165, 1.54) is 6.07 Å². The van der Waals surface area contributed by atoms with Gasteiger partial charge in [-0.1, -0.05) is 39.0 Å². The van der Waals surface area contributed by atoms with E-state index in [9.17, 15) is 23.6 Å². The van der Waals surface area contributed by atoms with Gasteiger partial charge in [-0.05, 0) is 41.5 Å². The number of carbonyl (C=O) groups excluding carboxylic acids is 4. The number of benzene rings is 2. The van der Waals surface area contributed by atoms with E-state index < -0.39 is 29.7 Å². The minimum atomic E-state index is -1.03. The molecule has 0 aromatic heterocycles. The van der Waals surface area contributed by atoms with Gasteiger partial charge in [0.2, 0.25) is 11.8 Å². The van der Waals surface area contributed by atoms with Crippen molar-refractivity contribution in [1.82, 2.24) is 15.1 Å². The number of hydrogen-bond acceptors (Lipinski definition) is 6. The molecule has 1 unspecified atom stereocenters. The van der Waals surface area contributed by atoms with Gasteiger partial charge < -0.3 is 5.32 Å². The molecule has 2 aromatic carbocycles. The molecule has 3 heterocycles. The van der Waals surface area contributed by atoms with Gasteiger partial charge >= 0.3 is 0 Å². The van der Waals surface area contributed by atoms with Crippen molar-refractivity contribution in [1.29, 1.82) is 0 Å². The van der Waals surface area contributed by atoms with Gasteiger partial charge in [0.1, 0.15) is 11.9 Å². The first kappa shape index (κ1) is 25.1. The summed E-state index contributed by atoms with van der Waals surface area (Å²) in [5.41, 5.74) is 2.35. The summed E-state index contributed by atoms with van der Waals surface area (Å²) in [5, 5.41) is 5.28. The number of nitrogens with one attached hydrogen (secondary N) is 2. The second-order valence-corrected chi connectivity index (χ2v) is 11.2. The zero-order valence-electron chi connectivity index (χ0n) is 21.3. The van der Waals surface area contributed by atoms with Crippen LogP contribution in [0.15, 0.2) is 36.4 Å². The SMILES string of the molecule is CC(C)(C)C1CN(Cc2ccc(CNc3cccc4c3C(=O)N(C3CCC(=O)NC3=O)C4=O)c(F)c2)C1. The van der Waals surface area contributed by atoms with Gasteiger partial charge in [0.25, 0.3) is 11.8 Å². The molecule has 3 aliphatic heterocycles. The fraction of sp³-hybridized carbons (Fsp3) is 0.429. The third kappa shape index (κ3) is 4.75. The molecule has 0 bridgehead atoms. The fourth-order valence-corrected chi connectivity index (χ4v) is 5.19. The molecule has 37 heavy (non-hydrogen) atoms. The van der Waals surface area contributed by atoms with E-state index in [1.807, 2.05) is 6.07 Å². The number of rotatable bonds is 6. The predicted molar refractivity (Wildman–Crippen MR) is 135 cm³/mol. The molecule has 0 spiro atoms. The molecule has 0 radical (unpaired) electrons. The van der Waals surface area contributed by atoms with Crippen molar-refractivity contribution in [3.8, 4) is 0 Å². The van der Waals surface area contributed by atoms with Gasteiger partial charge in [0.15, 0.2) is 0 Å². The van der Waals surface area contributed by atoms with Crippen LogP contribution in [0.25, 0.3) is 0 Å². The quantitative estimate of drug-likeness (QED) is 0.584. The molecule has 2 saturated heterocycles. The van der Waals surface area contributed by atoms with Gasteiger partial charge in [0, 0.05) is 43.9 Å². The van der Waals surface area contributed by atoms with Crippen LogP contribution >= 0.6 is 0 Å². The maximum atomic E-state index is 14.9. The Morgan fingerprint density at radius 3 is 2.49 bits per heavy atom. The van der Waals surface area contributed by atoms with Crippen LogP contribution in [0.1, 0.15) is 65.5 Å². The van der Waals surface area contributed by atoms with Crippen LogP contribution in [0, 0.1) is 17.2 Å². The van der Waals surface area contributed by atoms with Crippen molar-refractivity contribution in [2.24, 2.45) is 11.3 Å². The molecule has 194 valence electrons. The van der Waals surface area contributed by atoms with Crippen LogP contribution in [0.5, 0.6) is 0 Å². The van der Waals surface area contributed by atoms with Gasteiger partial charge in [-0.15, -0.1) is 0 Å². The number of nitrogens with zero attached hydrogens (tertiary/aromatic N) is 2. The minimum Gasteiger partial charge on any atom is -0.380 e. The number of piperidine rings is 1. The van der Waals surface area contributed by atoms with Crippen molar-refractivity contribution in [2.45, 2.75) is 52.7 Å². The molecule has 3 aliphatic rings. The van der Waals surface area contributed by atoms with Crippen LogP contribution in [0.2, 0.25) is 0 Å². The van der Waals surface area contributed by atoms with Gasteiger partial charge in [-0.2, -0.15) is 0 Å². The molecule has 4 amide bonds. The summed E-state index contributed by atoms with van der Waals surface area (Å²) in [5.74, 6) is -1.95. The lowest BCUT2D eigenvalue weighted by Crippen LogP contribution is -2.54. The number of halogens is 1. The Bertz CT molecular complexity index is 1300. The number of carbonyl (C=O) groups is 4. The number of anilines is 1. The van der Waals surface area contributed by atoms with E-state index in [1.54, 1.807) is 24.3 Å². The predicted octanol–water partition coefficient (Wildman–Crippen LogP) is 3.32. The summed E-state index contributed by atoms with van der Waals surface area (Å²) in [4.78, 5) is 53.2. The van der Waals surface area contributed by atoms with Crippen molar-refractivity contribution in [2.75, 3.05) is 18.4 Å². The highest BCUT2D eigenvalue weighted by atomic mass is 19.1. The number of amides is 4. The molecule has 9 heteroatoms. The van der Waals surface area contributed by atoms with E-state index in [0.29, 0.717) is 23.7 Å². The van der Waals surface area contributed by atoms with E-state index in [-0.39, 0.29) is 41.7 Å². The first-order chi connectivity index (χ1) is 17.5. The average molecular weight is 507 g/mol. The summed E-state index contributed by atoms with van der Waals surface area (Å²) < 4.78 is 14.9. The molecule has 2 N–H and O–H groups in total. The summed E-state index contributed by atoms with van der Waals surface area (Å²) in [6, 6.07) is 8.99. The second-order valence-electron chi connectivity index (χ2n) is 11.2. The van der Waals surface area contributed by atoms with E-state index >= 15 is 0 Å². The second kappa shape index (κ2) is 9.37. The highest BCUT2D eigenvalue weighted by Gasteiger charge is 2.45. The van der Waals surface area contributed by atoms with Crippen molar-refractivity contribution >= 4 is 29.3 Å². The molecular formula is C28H31FN4O4. The number of hydrogen-bond donors (Lipinski definition) is 2. The zero-order valence-corrected chi connectivity index (χ0v) is 21.3.